The lowest BCUT2D eigenvalue weighted by molar-refractivity contribution is -0.145. The van der Waals surface area contributed by atoms with E-state index in [1.165, 1.54) is 6.92 Å². The molecular formula is C27H40N4O8. The van der Waals surface area contributed by atoms with Crippen LogP contribution in [-0.2, 0) is 40.0 Å². The molecule has 0 radical (unpaired) electrons. The van der Waals surface area contributed by atoms with Crippen LogP contribution in [0.25, 0.3) is 0 Å². The number of hydrogen-bond donors (Lipinski definition) is 4. The van der Waals surface area contributed by atoms with Crippen LogP contribution in [0.5, 0.6) is 0 Å². The van der Waals surface area contributed by atoms with Crippen molar-refractivity contribution in [2.45, 2.75) is 90.3 Å². The standard InChI is InChI=1S/C27H40N4O8/c1-16(29-25(35)17(2)37-15-19-13-21(19)31-26(36)39-27(3,4)5)24(34)30-20(23(28)33)11-12-22(32)38-14-18-9-7-6-8-10-18/h6-10,16-17,19-21H,11-15H2,1-5H3,(H2,28,33)(H,29,35)(H,30,34)(H,31,36)/t16-,17+,19?,20+,21?/m0/s1. The van der Waals surface area contributed by atoms with Gasteiger partial charge in [-0.3, -0.25) is 19.2 Å². The topological polar surface area (TPSA) is 175 Å². The molecule has 2 rings (SSSR count). The van der Waals surface area contributed by atoms with E-state index in [4.69, 9.17) is 19.9 Å². The van der Waals surface area contributed by atoms with E-state index < -0.39 is 53.6 Å². The third-order valence-electron chi connectivity index (χ3n) is 5.85. The summed E-state index contributed by atoms with van der Waals surface area (Å²) < 4.78 is 16.0. The SMILES string of the molecule is C[C@H](NC(=O)[C@@H](C)OCC1CC1NC(=O)OC(C)(C)C)C(=O)N[C@H](CCC(=O)OCc1ccccc1)C(N)=O. The molecule has 0 aromatic heterocycles. The van der Waals surface area contributed by atoms with E-state index >= 15 is 0 Å². The molecule has 0 bridgehead atoms. The number of rotatable bonds is 14. The summed E-state index contributed by atoms with van der Waals surface area (Å²) >= 11 is 0. The maximum atomic E-state index is 12.5. The van der Waals surface area contributed by atoms with E-state index in [-0.39, 0.29) is 38.0 Å². The van der Waals surface area contributed by atoms with Crippen molar-refractivity contribution in [3.8, 4) is 0 Å². The Kier molecular flexibility index (Phi) is 11.7. The fourth-order valence-electron chi connectivity index (χ4n) is 3.46. The average Bonchev–Trinajstić information content (AvgIpc) is 3.59. The number of ether oxygens (including phenoxy) is 3. The highest BCUT2D eigenvalue weighted by Crippen LogP contribution is 2.31. The van der Waals surface area contributed by atoms with Crippen molar-refractivity contribution < 1.29 is 38.2 Å². The summed E-state index contributed by atoms with van der Waals surface area (Å²) in [7, 11) is 0. The van der Waals surface area contributed by atoms with Crippen molar-refractivity contribution >= 4 is 29.8 Å². The summed E-state index contributed by atoms with van der Waals surface area (Å²) in [4.78, 5) is 60.7. The van der Waals surface area contributed by atoms with Gasteiger partial charge in [0.1, 0.15) is 30.4 Å². The smallest absolute Gasteiger partial charge is 0.407 e. The minimum Gasteiger partial charge on any atom is -0.461 e. The van der Waals surface area contributed by atoms with Crippen LogP contribution < -0.4 is 21.7 Å². The molecule has 1 aliphatic rings. The number of nitrogens with one attached hydrogen (secondary N) is 3. The zero-order chi connectivity index (χ0) is 29.2. The Morgan fingerprint density at radius 2 is 1.69 bits per heavy atom. The van der Waals surface area contributed by atoms with Gasteiger partial charge < -0.3 is 35.9 Å². The second kappa shape index (κ2) is 14.5. The van der Waals surface area contributed by atoms with Gasteiger partial charge in [-0.2, -0.15) is 0 Å². The average molecular weight is 549 g/mol. The van der Waals surface area contributed by atoms with Gasteiger partial charge >= 0.3 is 12.1 Å². The van der Waals surface area contributed by atoms with Gasteiger partial charge in [0.2, 0.25) is 17.7 Å². The lowest BCUT2D eigenvalue weighted by Crippen LogP contribution is -2.53. The normalized spacial score (nSPS) is 18.6. The van der Waals surface area contributed by atoms with Crippen molar-refractivity contribution in [1.82, 2.24) is 16.0 Å². The fourth-order valence-corrected chi connectivity index (χ4v) is 3.46. The summed E-state index contributed by atoms with van der Waals surface area (Å²) in [6.45, 7) is 8.68. The number of carbonyl (C=O) groups excluding carboxylic acids is 5. The van der Waals surface area contributed by atoms with Crippen LogP contribution in [0.4, 0.5) is 4.79 Å². The van der Waals surface area contributed by atoms with Crippen LogP contribution in [0.1, 0.15) is 59.4 Å². The second-order valence-electron chi connectivity index (χ2n) is 10.6. The van der Waals surface area contributed by atoms with E-state index in [0.29, 0.717) is 6.42 Å². The molecule has 0 spiro atoms. The molecule has 216 valence electrons. The number of hydrogen-bond acceptors (Lipinski definition) is 8. The Morgan fingerprint density at radius 1 is 1.03 bits per heavy atom. The number of primary amides is 1. The zero-order valence-electron chi connectivity index (χ0n) is 23.2. The molecule has 1 aliphatic carbocycles. The summed E-state index contributed by atoms with van der Waals surface area (Å²) in [5.41, 5.74) is 5.61. The van der Waals surface area contributed by atoms with Gasteiger partial charge in [0.05, 0.1) is 6.61 Å². The summed E-state index contributed by atoms with van der Waals surface area (Å²) in [6.07, 6.45) is -0.819. The van der Waals surface area contributed by atoms with Crippen LogP contribution in [0.15, 0.2) is 30.3 Å². The van der Waals surface area contributed by atoms with Crippen LogP contribution >= 0.6 is 0 Å². The Bertz CT molecular complexity index is 1010. The Hall–Kier alpha value is -3.67. The van der Waals surface area contributed by atoms with Crippen molar-refractivity contribution in [1.29, 1.82) is 0 Å². The van der Waals surface area contributed by atoms with Gasteiger partial charge in [-0.25, -0.2) is 4.79 Å². The molecule has 2 unspecified atom stereocenters. The zero-order valence-corrected chi connectivity index (χ0v) is 23.2. The lowest BCUT2D eigenvalue weighted by atomic mass is 10.1. The van der Waals surface area contributed by atoms with Gasteiger partial charge in [0.15, 0.2) is 0 Å². The molecule has 1 aromatic carbocycles. The molecular weight excluding hydrogens is 508 g/mol. The summed E-state index contributed by atoms with van der Waals surface area (Å²) in [5, 5.41) is 7.75. The van der Waals surface area contributed by atoms with Gasteiger partial charge in [-0.15, -0.1) is 0 Å². The highest BCUT2D eigenvalue weighted by atomic mass is 16.6. The van der Waals surface area contributed by atoms with E-state index in [1.807, 2.05) is 30.3 Å². The maximum absolute atomic E-state index is 12.5. The molecule has 1 fully saturated rings. The fraction of sp³-hybridized carbons (Fsp3) is 0.593. The first-order valence-electron chi connectivity index (χ1n) is 13.0. The van der Waals surface area contributed by atoms with Gasteiger partial charge in [-0.05, 0) is 53.0 Å². The van der Waals surface area contributed by atoms with E-state index in [2.05, 4.69) is 16.0 Å². The molecule has 39 heavy (non-hydrogen) atoms. The largest absolute Gasteiger partial charge is 0.461 e. The van der Waals surface area contributed by atoms with Crippen molar-refractivity contribution in [2.75, 3.05) is 6.61 Å². The van der Waals surface area contributed by atoms with E-state index in [0.717, 1.165) is 5.56 Å². The Morgan fingerprint density at radius 3 is 2.31 bits per heavy atom. The highest BCUT2D eigenvalue weighted by molar-refractivity contribution is 5.92. The third kappa shape index (κ3) is 12.2. The van der Waals surface area contributed by atoms with Gasteiger partial charge in [-0.1, -0.05) is 30.3 Å². The van der Waals surface area contributed by atoms with Gasteiger partial charge in [0.25, 0.3) is 0 Å². The number of esters is 1. The first-order valence-corrected chi connectivity index (χ1v) is 13.0. The molecule has 1 aromatic rings. The van der Waals surface area contributed by atoms with Crippen LogP contribution in [0.3, 0.4) is 0 Å². The molecule has 12 nitrogen and oxygen atoms in total. The van der Waals surface area contributed by atoms with Crippen molar-refractivity contribution in [3.05, 3.63) is 35.9 Å². The first kappa shape index (κ1) is 31.5. The molecule has 0 saturated heterocycles. The van der Waals surface area contributed by atoms with Crippen LogP contribution in [-0.4, -0.2) is 66.2 Å². The minimum absolute atomic E-state index is 0.0469. The van der Waals surface area contributed by atoms with E-state index in [9.17, 15) is 24.0 Å². The first-order chi connectivity index (χ1) is 18.2. The predicted octanol–water partition coefficient (Wildman–Crippen LogP) is 1.30. The predicted molar refractivity (Wildman–Crippen MR) is 141 cm³/mol. The van der Waals surface area contributed by atoms with Crippen LogP contribution in [0, 0.1) is 5.92 Å². The van der Waals surface area contributed by atoms with E-state index in [1.54, 1.807) is 27.7 Å². The summed E-state index contributed by atoms with van der Waals surface area (Å²) in [6, 6.07) is 6.94. The number of carbonyl (C=O) groups is 5. The van der Waals surface area contributed by atoms with Gasteiger partial charge in [0, 0.05) is 18.4 Å². The minimum atomic E-state index is -1.11. The molecule has 5 N–H and O–H groups in total. The molecule has 1 saturated carbocycles. The molecule has 12 heteroatoms. The number of amides is 4. The summed E-state index contributed by atoms with van der Waals surface area (Å²) in [5.74, 6) is -2.45. The number of benzene rings is 1. The lowest BCUT2D eigenvalue weighted by Gasteiger charge is -2.21. The molecule has 5 atom stereocenters. The van der Waals surface area contributed by atoms with Crippen molar-refractivity contribution in [3.63, 3.8) is 0 Å². The highest BCUT2D eigenvalue weighted by Gasteiger charge is 2.40. The Balaban J connectivity index is 1.69. The quantitative estimate of drug-likeness (QED) is 0.252. The maximum Gasteiger partial charge on any atom is 0.407 e. The molecule has 0 aliphatic heterocycles. The number of alkyl carbamates (subject to hydrolysis) is 1. The number of nitrogens with two attached hydrogens (primary N) is 1. The monoisotopic (exact) mass is 548 g/mol. The molecule has 0 heterocycles. The molecule has 4 amide bonds. The van der Waals surface area contributed by atoms with Crippen LogP contribution in [0.2, 0.25) is 0 Å². The van der Waals surface area contributed by atoms with Crippen molar-refractivity contribution in [2.24, 2.45) is 11.7 Å². The Labute approximate surface area is 228 Å². The third-order valence-corrected chi connectivity index (χ3v) is 5.85. The second-order valence-corrected chi connectivity index (χ2v) is 10.6.